The summed E-state index contributed by atoms with van der Waals surface area (Å²) in [6.45, 7) is 9.37. The molecule has 0 saturated carbocycles. The molecule has 0 bridgehead atoms. The molecule has 0 amide bonds. The molecule has 1 atom stereocenters. The van der Waals surface area contributed by atoms with Crippen molar-refractivity contribution >= 4 is 5.97 Å². The van der Waals surface area contributed by atoms with Crippen molar-refractivity contribution in [3.8, 4) is 0 Å². The van der Waals surface area contributed by atoms with Gasteiger partial charge in [-0.15, -0.1) is 0 Å². The Morgan fingerprint density at radius 2 is 1.24 bits per heavy atom. The summed E-state index contributed by atoms with van der Waals surface area (Å²) in [5.74, 6) is -0.319. The summed E-state index contributed by atoms with van der Waals surface area (Å²) in [5, 5.41) is 0. The fraction of sp³-hybridized carbons (Fsp3) is 0.885. The second-order valence-electron chi connectivity index (χ2n) is 9.46. The number of unbranched alkanes of at least 4 members (excludes halogenated alkanes) is 14. The van der Waals surface area contributed by atoms with Gasteiger partial charge in [0.1, 0.15) is 13.2 Å². The smallest absolute Gasteiger partial charge is 0.330 e. The fourth-order valence-electron chi connectivity index (χ4n) is 3.82. The first-order valence-corrected chi connectivity index (χ1v) is 12.6. The van der Waals surface area contributed by atoms with E-state index in [0.717, 1.165) is 11.0 Å². The molecule has 0 radical (unpaired) electrons. The molecule has 0 heterocycles. The Hall–Kier alpha value is -0.830. The molecular weight excluding hydrogens is 358 g/mol. The zero-order valence-corrected chi connectivity index (χ0v) is 20.4. The van der Waals surface area contributed by atoms with E-state index < -0.39 is 0 Å². The summed E-state index contributed by atoms with van der Waals surface area (Å²) in [7, 11) is 4.47. The average Bonchev–Trinajstić information content (AvgIpc) is 2.70. The van der Waals surface area contributed by atoms with Crippen LogP contribution in [0.15, 0.2) is 12.7 Å². The molecule has 0 saturated heterocycles. The fourth-order valence-corrected chi connectivity index (χ4v) is 3.82. The summed E-state index contributed by atoms with van der Waals surface area (Å²) >= 11 is 0. The SMILES string of the molecule is C=CC(=O)OCC[N+](C)(C)C(C)CCCCCCCCCCCCCCCCC. The van der Waals surface area contributed by atoms with Gasteiger partial charge in [0.2, 0.25) is 0 Å². The second kappa shape index (κ2) is 19.2. The third kappa shape index (κ3) is 17.7. The minimum atomic E-state index is -0.319. The van der Waals surface area contributed by atoms with Gasteiger partial charge in [0.25, 0.3) is 0 Å². The van der Waals surface area contributed by atoms with E-state index in [9.17, 15) is 4.79 Å². The number of esters is 1. The van der Waals surface area contributed by atoms with Crippen LogP contribution in [0.3, 0.4) is 0 Å². The van der Waals surface area contributed by atoms with Crippen molar-refractivity contribution in [3.63, 3.8) is 0 Å². The number of hydrogen-bond acceptors (Lipinski definition) is 2. The molecule has 1 unspecified atom stereocenters. The molecule has 0 aromatic heterocycles. The first-order chi connectivity index (χ1) is 13.9. The van der Waals surface area contributed by atoms with Crippen molar-refractivity contribution in [1.82, 2.24) is 0 Å². The molecule has 0 aliphatic rings. The number of likely N-dealkylation sites (N-methyl/N-ethyl adjacent to an activating group) is 1. The quantitative estimate of drug-likeness (QED) is 0.0850. The maximum absolute atomic E-state index is 11.1. The minimum absolute atomic E-state index is 0.319. The molecule has 172 valence electrons. The highest BCUT2D eigenvalue weighted by Gasteiger charge is 2.23. The van der Waals surface area contributed by atoms with E-state index in [-0.39, 0.29) is 5.97 Å². The van der Waals surface area contributed by atoms with Crippen LogP contribution in [-0.2, 0) is 9.53 Å². The van der Waals surface area contributed by atoms with Crippen molar-refractivity contribution in [3.05, 3.63) is 12.7 Å². The maximum atomic E-state index is 11.1. The Labute approximate surface area is 182 Å². The van der Waals surface area contributed by atoms with Gasteiger partial charge >= 0.3 is 5.97 Å². The summed E-state index contributed by atoms with van der Waals surface area (Å²) in [5.41, 5.74) is 0. The first-order valence-electron chi connectivity index (χ1n) is 12.6. The molecule has 0 N–H and O–H groups in total. The molecule has 0 aromatic rings. The highest BCUT2D eigenvalue weighted by molar-refractivity contribution is 5.81. The topological polar surface area (TPSA) is 26.3 Å². The highest BCUT2D eigenvalue weighted by Crippen LogP contribution is 2.17. The van der Waals surface area contributed by atoms with E-state index in [0.29, 0.717) is 12.6 Å². The van der Waals surface area contributed by atoms with Crippen LogP contribution in [0.4, 0.5) is 0 Å². The van der Waals surface area contributed by atoms with E-state index in [4.69, 9.17) is 4.74 Å². The molecule has 29 heavy (non-hydrogen) atoms. The minimum Gasteiger partial charge on any atom is -0.457 e. The zero-order valence-electron chi connectivity index (χ0n) is 20.4. The average molecular weight is 411 g/mol. The maximum Gasteiger partial charge on any atom is 0.330 e. The monoisotopic (exact) mass is 410 g/mol. The van der Waals surface area contributed by atoms with E-state index in [1.54, 1.807) is 0 Å². The van der Waals surface area contributed by atoms with Crippen molar-refractivity contribution in [1.29, 1.82) is 0 Å². The summed E-state index contributed by atoms with van der Waals surface area (Å²) in [6.07, 6.45) is 23.7. The molecule has 0 aliphatic carbocycles. The molecule has 0 fully saturated rings. The predicted molar refractivity (Wildman–Crippen MR) is 127 cm³/mol. The lowest BCUT2D eigenvalue weighted by atomic mass is 10.0. The highest BCUT2D eigenvalue weighted by atomic mass is 16.5. The van der Waals surface area contributed by atoms with Gasteiger partial charge in [-0.05, 0) is 19.8 Å². The zero-order chi connectivity index (χ0) is 21.8. The van der Waals surface area contributed by atoms with Crippen LogP contribution >= 0.6 is 0 Å². The van der Waals surface area contributed by atoms with Gasteiger partial charge in [-0.3, -0.25) is 0 Å². The number of quaternary nitrogens is 1. The normalized spacial score (nSPS) is 12.7. The number of carbonyl (C=O) groups excluding carboxylic acids is 1. The third-order valence-electron chi connectivity index (χ3n) is 6.50. The molecule has 0 aromatic carbocycles. The Bertz CT molecular complexity index is 392. The standard InChI is InChI=1S/C26H52NO2/c1-6-8-9-10-11-12-13-14-15-16-17-18-19-20-21-22-25(3)27(4,5)23-24-29-26(28)7-2/h7,25H,2,6,8-24H2,1,3-5H3/q+1. The lowest BCUT2D eigenvalue weighted by molar-refractivity contribution is -0.913. The molecular formula is C26H52NO2+. The van der Waals surface area contributed by atoms with E-state index >= 15 is 0 Å². The van der Waals surface area contributed by atoms with Gasteiger partial charge in [-0.1, -0.05) is 103 Å². The van der Waals surface area contributed by atoms with E-state index in [1.165, 1.54) is 109 Å². The Balaban J connectivity index is 3.44. The Morgan fingerprint density at radius 3 is 1.66 bits per heavy atom. The predicted octanol–water partition coefficient (Wildman–Crippen LogP) is 7.44. The summed E-state index contributed by atoms with van der Waals surface area (Å²) in [4.78, 5) is 11.1. The molecule has 0 aliphatic heterocycles. The first kappa shape index (κ1) is 28.2. The number of ether oxygens (including phenoxy) is 1. The van der Waals surface area contributed by atoms with E-state index in [1.807, 2.05) is 0 Å². The van der Waals surface area contributed by atoms with Gasteiger partial charge in [0, 0.05) is 6.08 Å². The molecule has 0 spiro atoms. The van der Waals surface area contributed by atoms with Crippen molar-refractivity contribution < 1.29 is 14.0 Å². The number of rotatable bonds is 21. The van der Waals surface area contributed by atoms with Crippen LogP contribution in [0.2, 0.25) is 0 Å². The van der Waals surface area contributed by atoms with Crippen LogP contribution in [0.1, 0.15) is 117 Å². The van der Waals surface area contributed by atoms with Gasteiger partial charge < -0.3 is 9.22 Å². The molecule has 0 rings (SSSR count). The van der Waals surface area contributed by atoms with Crippen molar-refractivity contribution in [2.24, 2.45) is 0 Å². The van der Waals surface area contributed by atoms with Crippen molar-refractivity contribution in [2.45, 2.75) is 123 Å². The lowest BCUT2D eigenvalue weighted by Gasteiger charge is -2.36. The molecule has 3 nitrogen and oxygen atoms in total. The van der Waals surface area contributed by atoms with Crippen LogP contribution in [0.25, 0.3) is 0 Å². The Morgan fingerprint density at radius 1 is 0.828 bits per heavy atom. The van der Waals surface area contributed by atoms with Gasteiger partial charge in [0.15, 0.2) is 0 Å². The van der Waals surface area contributed by atoms with Crippen LogP contribution in [-0.4, -0.2) is 43.7 Å². The van der Waals surface area contributed by atoms with Crippen LogP contribution in [0.5, 0.6) is 0 Å². The number of hydrogen-bond donors (Lipinski definition) is 0. The second-order valence-corrected chi connectivity index (χ2v) is 9.46. The summed E-state index contributed by atoms with van der Waals surface area (Å²) in [6, 6.07) is 0.597. The molecule has 3 heteroatoms. The Kier molecular flexibility index (Phi) is 18.6. The number of carbonyl (C=O) groups is 1. The lowest BCUT2D eigenvalue weighted by Crippen LogP contribution is -2.49. The third-order valence-corrected chi connectivity index (χ3v) is 6.50. The van der Waals surface area contributed by atoms with Gasteiger partial charge in [0.05, 0.1) is 20.1 Å². The van der Waals surface area contributed by atoms with Crippen molar-refractivity contribution in [2.75, 3.05) is 27.2 Å². The number of nitrogens with zero attached hydrogens (tertiary/aromatic N) is 1. The van der Waals surface area contributed by atoms with Crippen LogP contribution < -0.4 is 0 Å². The van der Waals surface area contributed by atoms with E-state index in [2.05, 4.69) is 34.5 Å². The van der Waals surface area contributed by atoms with Gasteiger partial charge in [-0.2, -0.15) is 0 Å². The van der Waals surface area contributed by atoms with Gasteiger partial charge in [-0.25, -0.2) is 4.79 Å². The summed E-state index contributed by atoms with van der Waals surface area (Å²) < 4.78 is 6.04. The van der Waals surface area contributed by atoms with Crippen LogP contribution in [0, 0.1) is 0 Å². The largest absolute Gasteiger partial charge is 0.457 e.